The quantitative estimate of drug-likeness (QED) is 0.422. The predicted molar refractivity (Wildman–Crippen MR) is 110 cm³/mol. The number of rotatable bonds is 9. The summed E-state index contributed by atoms with van der Waals surface area (Å²) in [5, 5.41) is 0.179. The summed E-state index contributed by atoms with van der Waals surface area (Å²) in [6, 6.07) is 3.51. The van der Waals surface area contributed by atoms with Crippen LogP contribution in [0.15, 0.2) is 12.1 Å². The molecular formula is C23H36ClFO. The number of halogens is 2. The van der Waals surface area contributed by atoms with Crippen LogP contribution in [0.1, 0.15) is 77.7 Å². The zero-order valence-electron chi connectivity index (χ0n) is 17.0. The Morgan fingerprint density at radius 2 is 1.69 bits per heavy atom. The van der Waals surface area contributed by atoms with E-state index in [0.29, 0.717) is 18.3 Å². The summed E-state index contributed by atoms with van der Waals surface area (Å²) in [6.07, 6.45) is 10.4. The highest BCUT2D eigenvalue weighted by atomic mass is 35.5. The second-order valence-electron chi connectivity index (χ2n) is 8.86. The summed E-state index contributed by atoms with van der Waals surface area (Å²) in [7, 11) is 0. The Kier molecular flexibility index (Phi) is 8.73. The standard InChI is InChI=1S/C23H36ClFO/c1-16(2)5-6-17(3)7-9-19-10-12-20(13-11-19)15-26-21-14-8-18(4)22(24)23(21)25/h8,14,16-17,19-20H,5-7,9-13,15H2,1-4H3. The molecule has 1 aromatic rings. The first-order valence-electron chi connectivity index (χ1n) is 10.4. The fourth-order valence-electron chi connectivity index (χ4n) is 3.92. The molecule has 2 rings (SSSR count). The smallest absolute Gasteiger partial charge is 0.183 e. The van der Waals surface area contributed by atoms with Crippen molar-refractivity contribution in [3.05, 3.63) is 28.5 Å². The third-order valence-corrected chi connectivity index (χ3v) is 6.45. The van der Waals surface area contributed by atoms with E-state index in [1.165, 1.54) is 51.4 Å². The molecule has 3 heteroatoms. The number of ether oxygens (including phenoxy) is 1. The molecule has 0 radical (unpaired) electrons. The summed E-state index contributed by atoms with van der Waals surface area (Å²) >= 11 is 5.97. The first-order valence-corrected chi connectivity index (χ1v) is 10.8. The van der Waals surface area contributed by atoms with Gasteiger partial charge in [0.2, 0.25) is 0 Å². The molecule has 0 aromatic heterocycles. The highest BCUT2D eigenvalue weighted by Gasteiger charge is 2.22. The average Bonchev–Trinajstić information content (AvgIpc) is 2.63. The van der Waals surface area contributed by atoms with Crippen molar-refractivity contribution in [2.75, 3.05) is 6.61 Å². The van der Waals surface area contributed by atoms with Gasteiger partial charge in [0.15, 0.2) is 11.6 Å². The number of benzene rings is 1. The maximum atomic E-state index is 14.1. The molecule has 1 fully saturated rings. The highest BCUT2D eigenvalue weighted by Crippen LogP contribution is 2.34. The van der Waals surface area contributed by atoms with Gasteiger partial charge in [-0.25, -0.2) is 4.39 Å². The predicted octanol–water partition coefficient (Wildman–Crippen LogP) is 7.83. The van der Waals surface area contributed by atoms with Crippen LogP contribution in [0.2, 0.25) is 5.02 Å². The van der Waals surface area contributed by atoms with Crippen LogP contribution in [0.4, 0.5) is 4.39 Å². The molecule has 1 unspecified atom stereocenters. The fraction of sp³-hybridized carbons (Fsp3) is 0.739. The van der Waals surface area contributed by atoms with Crippen molar-refractivity contribution in [2.24, 2.45) is 23.7 Å². The highest BCUT2D eigenvalue weighted by molar-refractivity contribution is 6.31. The van der Waals surface area contributed by atoms with Gasteiger partial charge >= 0.3 is 0 Å². The molecule has 0 bridgehead atoms. The van der Waals surface area contributed by atoms with Gasteiger partial charge in [0.05, 0.1) is 11.6 Å². The third kappa shape index (κ3) is 6.76. The van der Waals surface area contributed by atoms with E-state index >= 15 is 0 Å². The van der Waals surface area contributed by atoms with Gasteiger partial charge in [0.25, 0.3) is 0 Å². The Bertz CT molecular complexity index is 549. The van der Waals surface area contributed by atoms with Gasteiger partial charge in [-0.2, -0.15) is 0 Å². The SMILES string of the molecule is Cc1ccc(OCC2CCC(CCC(C)CCC(C)C)CC2)c(F)c1Cl. The van der Waals surface area contributed by atoms with Crippen molar-refractivity contribution in [3.8, 4) is 5.75 Å². The zero-order chi connectivity index (χ0) is 19.1. The maximum absolute atomic E-state index is 14.1. The third-order valence-electron chi connectivity index (χ3n) is 5.99. The Balaban J connectivity index is 1.66. The number of hydrogen-bond donors (Lipinski definition) is 0. The van der Waals surface area contributed by atoms with Gasteiger partial charge in [0.1, 0.15) is 0 Å². The second-order valence-corrected chi connectivity index (χ2v) is 9.24. The molecule has 1 atom stereocenters. The van der Waals surface area contributed by atoms with Crippen molar-refractivity contribution < 1.29 is 9.13 Å². The molecule has 0 heterocycles. The Morgan fingerprint density at radius 3 is 2.35 bits per heavy atom. The minimum atomic E-state index is -0.421. The summed E-state index contributed by atoms with van der Waals surface area (Å²) in [6.45, 7) is 9.44. The molecule has 1 saturated carbocycles. The minimum absolute atomic E-state index is 0.179. The van der Waals surface area contributed by atoms with Crippen molar-refractivity contribution >= 4 is 11.6 Å². The molecular weight excluding hydrogens is 347 g/mol. The normalized spacial score (nSPS) is 21.8. The van der Waals surface area contributed by atoms with E-state index in [0.717, 1.165) is 23.3 Å². The lowest BCUT2D eigenvalue weighted by atomic mass is 9.79. The van der Waals surface area contributed by atoms with Crippen molar-refractivity contribution in [3.63, 3.8) is 0 Å². The van der Waals surface area contributed by atoms with E-state index in [9.17, 15) is 4.39 Å². The van der Waals surface area contributed by atoms with Crippen LogP contribution in [0.3, 0.4) is 0 Å². The monoisotopic (exact) mass is 382 g/mol. The number of hydrogen-bond acceptors (Lipinski definition) is 1. The van der Waals surface area contributed by atoms with E-state index in [4.69, 9.17) is 16.3 Å². The lowest BCUT2D eigenvalue weighted by Gasteiger charge is -2.29. The molecule has 0 spiro atoms. The lowest BCUT2D eigenvalue weighted by molar-refractivity contribution is 0.171. The summed E-state index contributed by atoms with van der Waals surface area (Å²) in [5.41, 5.74) is 0.750. The van der Waals surface area contributed by atoms with Gasteiger partial charge < -0.3 is 4.74 Å². The average molecular weight is 383 g/mol. The largest absolute Gasteiger partial charge is 0.490 e. The van der Waals surface area contributed by atoms with Crippen molar-refractivity contribution in [1.29, 1.82) is 0 Å². The fourth-order valence-corrected chi connectivity index (χ4v) is 4.07. The van der Waals surface area contributed by atoms with Gasteiger partial charge in [-0.1, -0.05) is 77.0 Å². The lowest BCUT2D eigenvalue weighted by Crippen LogP contribution is -2.20. The van der Waals surface area contributed by atoms with Crippen LogP contribution in [-0.2, 0) is 0 Å². The summed E-state index contributed by atoms with van der Waals surface area (Å²) in [4.78, 5) is 0. The van der Waals surface area contributed by atoms with Crippen molar-refractivity contribution in [2.45, 2.75) is 79.1 Å². The topological polar surface area (TPSA) is 9.23 Å². The van der Waals surface area contributed by atoms with E-state index in [1.54, 1.807) is 13.0 Å². The van der Waals surface area contributed by atoms with Gasteiger partial charge in [-0.3, -0.25) is 0 Å². The second kappa shape index (κ2) is 10.5. The van der Waals surface area contributed by atoms with Gasteiger partial charge in [0, 0.05) is 0 Å². The molecule has 1 aromatic carbocycles. The molecule has 1 nitrogen and oxygen atoms in total. The molecule has 0 N–H and O–H groups in total. The molecule has 0 saturated heterocycles. The Labute approximate surface area is 164 Å². The van der Waals surface area contributed by atoms with Crippen LogP contribution >= 0.6 is 11.6 Å². The van der Waals surface area contributed by atoms with E-state index in [-0.39, 0.29) is 5.02 Å². The van der Waals surface area contributed by atoms with Crippen LogP contribution in [0.5, 0.6) is 5.75 Å². The first kappa shape index (κ1) is 21.5. The van der Waals surface area contributed by atoms with Crippen LogP contribution in [0, 0.1) is 36.4 Å². The van der Waals surface area contributed by atoms with Gasteiger partial charge in [-0.15, -0.1) is 0 Å². The Morgan fingerprint density at radius 1 is 1.04 bits per heavy atom. The van der Waals surface area contributed by atoms with Crippen LogP contribution in [0.25, 0.3) is 0 Å². The maximum Gasteiger partial charge on any atom is 0.183 e. The van der Waals surface area contributed by atoms with E-state index in [1.807, 2.05) is 6.07 Å². The molecule has 1 aliphatic carbocycles. The molecule has 26 heavy (non-hydrogen) atoms. The van der Waals surface area contributed by atoms with Crippen molar-refractivity contribution in [1.82, 2.24) is 0 Å². The molecule has 1 aliphatic rings. The molecule has 0 amide bonds. The first-order chi connectivity index (χ1) is 12.4. The van der Waals surface area contributed by atoms with Gasteiger partial charge in [-0.05, 0) is 55.1 Å². The molecule has 0 aliphatic heterocycles. The van der Waals surface area contributed by atoms with Crippen LogP contribution < -0.4 is 4.74 Å². The minimum Gasteiger partial charge on any atom is -0.490 e. The Hall–Kier alpha value is -0.760. The zero-order valence-corrected chi connectivity index (χ0v) is 17.7. The molecule has 148 valence electrons. The van der Waals surface area contributed by atoms with E-state index in [2.05, 4.69) is 20.8 Å². The van der Waals surface area contributed by atoms with Crippen LogP contribution in [-0.4, -0.2) is 6.61 Å². The summed E-state index contributed by atoms with van der Waals surface area (Å²) < 4.78 is 19.9. The summed E-state index contributed by atoms with van der Waals surface area (Å²) in [5.74, 6) is 2.97. The number of aryl methyl sites for hydroxylation is 1. The van der Waals surface area contributed by atoms with E-state index < -0.39 is 5.82 Å².